The Morgan fingerprint density at radius 2 is 2.26 bits per heavy atom. The fourth-order valence-corrected chi connectivity index (χ4v) is 2.38. The monoisotopic (exact) mass is 263 g/mol. The second-order valence-electron chi connectivity index (χ2n) is 4.61. The summed E-state index contributed by atoms with van der Waals surface area (Å²) in [5.41, 5.74) is 0.834. The van der Waals surface area contributed by atoms with Gasteiger partial charge in [0.1, 0.15) is 11.8 Å². The third kappa shape index (κ3) is 3.05. The van der Waals surface area contributed by atoms with Gasteiger partial charge < -0.3 is 14.7 Å². The van der Waals surface area contributed by atoms with Crippen LogP contribution in [0.1, 0.15) is 18.4 Å². The third-order valence-corrected chi connectivity index (χ3v) is 3.35. The lowest BCUT2D eigenvalue weighted by molar-refractivity contribution is -0.148. The van der Waals surface area contributed by atoms with Crippen molar-refractivity contribution in [2.24, 2.45) is 0 Å². The van der Waals surface area contributed by atoms with Crippen LogP contribution in [0.5, 0.6) is 5.75 Å². The Morgan fingerprint density at radius 1 is 1.47 bits per heavy atom. The average Bonchev–Trinajstić information content (AvgIpc) is 2.88. The second-order valence-corrected chi connectivity index (χ2v) is 4.61. The van der Waals surface area contributed by atoms with Gasteiger partial charge in [-0.1, -0.05) is 12.1 Å². The Labute approximate surface area is 111 Å². The summed E-state index contributed by atoms with van der Waals surface area (Å²) < 4.78 is 5.10. The molecule has 1 aliphatic heterocycles. The lowest BCUT2D eigenvalue weighted by atomic mass is 10.1. The van der Waals surface area contributed by atoms with Gasteiger partial charge >= 0.3 is 5.97 Å². The molecular weight excluding hydrogens is 246 g/mol. The van der Waals surface area contributed by atoms with Crippen LogP contribution < -0.4 is 4.74 Å². The molecule has 1 N–H and O–H groups in total. The van der Waals surface area contributed by atoms with E-state index in [9.17, 15) is 9.59 Å². The van der Waals surface area contributed by atoms with E-state index in [2.05, 4.69) is 0 Å². The lowest BCUT2D eigenvalue weighted by Gasteiger charge is -2.21. The van der Waals surface area contributed by atoms with Gasteiger partial charge in [-0.25, -0.2) is 4.79 Å². The number of hydrogen-bond donors (Lipinski definition) is 1. The highest BCUT2D eigenvalue weighted by atomic mass is 16.5. The summed E-state index contributed by atoms with van der Waals surface area (Å²) in [6.07, 6.45) is 1.50. The molecule has 0 radical (unpaired) electrons. The molecule has 0 aromatic heterocycles. The number of carboxylic acids is 1. The van der Waals surface area contributed by atoms with E-state index < -0.39 is 12.0 Å². The highest BCUT2D eigenvalue weighted by Gasteiger charge is 2.33. The summed E-state index contributed by atoms with van der Waals surface area (Å²) >= 11 is 0. The number of hydrogen-bond acceptors (Lipinski definition) is 3. The Hall–Kier alpha value is -2.04. The molecule has 1 aliphatic rings. The molecular formula is C14H17NO4. The zero-order valence-corrected chi connectivity index (χ0v) is 10.8. The van der Waals surface area contributed by atoms with E-state index in [-0.39, 0.29) is 12.3 Å². The van der Waals surface area contributed by atoms with Crippen LogP contribution in [0.4, 0.5) is 0 Å². The molecule has 0 saturated carbocycles. The zero-order chi connectivity index (χ0) is 13.8. The number of ether oxygens (including phenoxy) is 1. The molecule has 1 saturated heterocycles. The molecule has 102 valence electrons. The predicted molar refractivity (Wildman–Crippen MR) is 69.1 cm³/mol. The van der Waals surface area contributed by atoms with Crippen LogP contribution in [0.25, 0.3) is 0 Å². The van der Waals surface area contributed by atoms with E-state index in [0.29, 0.717) is 18.7 Å². The first kappa shape index (κ1) is 13.4. The van der Waals surface area contributed by atoms with Crippen LogP contribution >= 0.6 is 0 Å². The van der Waals surface area contributed by atoms with E-state index in [1.165, 1.54) is 4.90 Å². The molecule has 0 spiro atoms. The van der Waals surface area contributed by atoms with Crippen molar-refractivity contribution in [3.8, 4) is 5.75 Å². The Morgan fingerprint density at radius 3 is 2.95 bits per heavy atom. The molecule has 5 nitrogen and oxygen atoms in total. The topological polar surface area (TPSA) is 66.8 Å². The number of carbonyl (C=O) groups excluding carboxylic acids is 1. The number of carboxylic acid groups (broad SMARTS) is 1. The second kappa shape index (κ2) is 5.73. The van der Waals surface area contributed by atoms with Crippen LogP contribution in [0.2, 0.25) is 0 Å². The summed E-state index contributed by atoms with van der Waals surface area (Å²) in [5.74, 6) is -0.365. The molecule has 1 fully saturated rings. The van der Waals surface area contributed by atoms with Gasteiger partial charge in [0.05, 0.1) is 13.5 Å². The number of amides is 1. The first-order chi connectivity index (χ1) is 9.11. The minimum absolute atomic E-state index is 0.141. The van der Waals surface area contributed by atoms with E-state index in [1.54, 1.807) is 13.2 Å². The van der Waals surface area contributed by atoms with E-state index in [0.717, 1.165) is 12.0 Å². The maximum Gasteiger partial charge on any atom is 0.326 e. The SMILES string of the molecule is COc1cccc(CC(=O)N2CCC[C@@H]2C(=O)O)c1. The first-order valence-electron chi connectivity index (χ1n) is 6.27. The summed E-state index contributed by atoms with van der Waals surface area (Å²) in [7, 11) is 1.57. The predicted octanol–water partition coefficient (Wildman–Crippen LogP) is 1.31. The maximum atomic E-state index is 12.2. The molecule has 2 rings (SSSR count). The van der Waals surface area contributed by atoms with Gasteiger partial charge in [-0.15, -0.1) is 0 Å². The number of rotatable bonds is 4. The van der Waals surface area contributed by atoms with Gasteiger partial charge in [0.15, 0.2) is 0 Å². The Kier molecular flexibility index (Phi) is 4.04. The molecule has 1 heterocycles. The fraction of sp³-hybridized carbons (Fsp3) is 0.429. The lowest BCUT2D eigenvalue weighted by Crippen LogP contribution is -2.41. The number of carbonyl (C=O) groups is 2. The Balaban J connectivity index is 2.06. The van der Waals surface area contributed by atoms with Crippen molar-refractivity contribution in [2.45, 2.75) is 25.3 Å². The number of benzene rings is 1. The standard InChI is InChI=1S/C14H17NO4/c1-19-11-5-2-4-10(8-11)9-13(16)15-7-3-6-12(15)14(17)18/h2,4-5,8,12H,3,6-7,9H2,1H3,(H,17,18)/t12-/m1/s1. The van der Waals surface area contributed by atoms with E-state index >= 15 is 0 Å². The van der Waals surface area contributed by atoms with Crippen molar-refractivity contribution in [3.63, 3.8) is 0 Å². The zero-order valence-electron chi connectivity index (χ0n) is 10.8. The van der Waals surface area contributed by atoms with Crippen molar-refractivity contribution in [2.75, 3.05) is 13.7 Å². The minimum Gasteiger partial charge on any atom is -0.497 e. The van der Waals surface area contributed by atoms with Crippen molar-refractivity contribution < 1.29 is 19.4 Å². The number of aliphatic carboxylic acids is 1. The summed E-state index contributed by atoms with van der Waals surface area (Å²) in [6.45, 7) is 0.528. The number of likely N-dealkylation sites (tertiary alicyclic amines) is 1. The number of nitrogens with zero attached hydrogens (tertiary/aromatic N) is 1. The van der Waals surface area contributed by atoms with Crippen LogP contribution in [-0.4, -0.2) is 41.6 Å². The molecule has 19 heavy (non-hydrogen) atoms. The van der Waals surface area contributed by atoms with E-state index in [1.807, 2.05) is 18.2 Å². The molecule has 1 amide bonds. The molecule has 0 aliphatic carbocycles. The highest BCUT2D eigenvalue weighted by Crippen LogP contribution is 2.20. The smallest absolute Gasteiger partial charge is 0.326 e. The van der Waals surface area contributed by atoms with Crippen LogP contribution in [0.3, 0.4) is 0 Å². The quantitative estimate of drug-likeness (QED) is 0.889. The molecule has 1 atom stereocenters. The van der Waals surface area contributed by atoms with Crippen molar-refractivity contribution in [1.29, 1.82) is 0 Å². The van der Waals surface area contributed by atoms with Gasteiger partial charge in [0.25, 0.3) is 0 Å². The molecule has 5 heteroatoms. The van der Waals surface area contributed by atoms with Crippen LogP contribution in [0.15, 0.2) is 24.3 Å². The largest absolute Gasteiger partial charge is 0.497 e. The normalized spacial score (nSPS) is 18.4. The Bertz CT molecular complexity index is 486. The molecule has 1 aromatic rings. The van der Waals surface area contributed by atoms with Crippen molar-refractivity contribution in [3.05, 3.63) is 29.8 Å². The maximum absolute atomic E-state index is 12.2. The number of methoxy groups -OCH3 is 1. The van der Waals surface area contributed by atoms with Crippen LogP contribution in [0, 0.1) is 0 Å². The average molecular weight is 263 g/mol. The summed E-state index contributed by atoms with van der Waals surface area (Å²) in [4.78, 5) is 24.7. The highest BCUT2D eigenvalue weighted by molar-refractivity contribution is 5.85. The van der Waals surface area contributed by atoms with Crippen molar-refractivity contribution in [1.82, 2.24) is 4.90 Å². The van der Waals surface area contributed by atoms with Gasteiger partial charge in [-0.05, 0) is 30.5 Å². The summed E-state index contributed by atoms with van der Waals surface area (Å²) in [6, 6.07) is 6.60. The van der Waals surface area contributed by atoms with Gasteiger partial charge in [0.2, 0.25) is 5.91 Å². The molecule has 1 aromatic carbocycles. The van der Waals surface area contributed by atoms with Crippen LogP contribution in [-0.2, 0) is 16.0 Å². The first-order valence-corrected chi connectivity index (χ1v) is 6.27. The van der Waals surface area contributed by atoms with E-state index in [4.69, 9.17) is 9.84 Å². The fourth-order valence-electron chi connectivity index (χ4n) is 2.38. The summed E-state index contributed by atoms with van der Waals surface area (Å²) in [5, 5.41) is 9.07. The van der Waals surface area contributed by atoms with Crippen molar-refractivity contribution >= 4 is 11.9 Å². The molecule has 0 unspecified atom stereocenters. The third-order valence-electron chi connectivity index (χ3n) is 3.35. The van der Waals surface area contributed by atoms with Gasteiger partial charge in [-0.3, -0.25) is 4.79 Å². The van der Waals surface area contributed by atoms with Gasteiger partial charge in [-0.2, -0.15) is 0 Å². The minimum atomic E-state index is -0.920. The molecule has 0 bridgehead atoms. The van der Waals surface area contributed by atoms with Gasteiger partial charge in [0, 0.05) is 6.54 Å².